The third-order valence-corrected chi connectivity index (χ3v) is 3.74. The molecule has 1 amide bonds. The number of rotatable bonds is 6. The van der Waals surface area contributed by atoms with Gasteiger partial charge in [-0.25, -0.2) is 9.59 Å². The van der Waals surface area contributed by atoms with Crippen LogP contribution in [0.1, 0.15) is 20.8 Å². The molecule has 0 aliphatic carbocycles. The van der Waals surface area contributed by atoms with Crippen molar-refractivity contribution in [2.45, 2.75) is 20.8 Å². The van der Waals surface area contributed by atoms with Crippen molar-refractivity contribution in [1.29, 1.82) is 0 Å². The molecule has 0 N–H and O–H groups in total. The first-order chi connectivity index (χ1) is 8.06. The van der Waals surface area contributed by atoms with Crippen LogP contribution in [0.25, 0.3) is 0 Å². The monoisotopic (exact) mass is 265 g/mol. The molecule has 0 rings (SSSR count). The van der Waals surface area contributed by atoms with Crippen LogP contribution in [0.15, 0.2) is 0 Å². The summed E-state index contributed by atoms with van der Waals surface area (Å²) in [5.41, 5.74) is 0. The summed E-state index contributed by atoms with van der Waals surface area (Å²) in [6.45, 7) is 6.20. The van der Waals surface area contributed by atoms with Gasteiger partial charge in [0.2, 0.25) is 0 Å². The highest BCUT2D eigenvalue weighted by Gasteiger charge is 2.27. The average Bonchev–Trinajstić information content (AvgIpc) is 2.28. The van der Waals surface area contributed by atoms with E-state index < -0.39 is 21.7 Å². The van der Waals surface area contributed by atoms with Gasteiger partial charge in [-0.1, -0.05) is 0 Å². The summed E-state index contributed by atoms with van der Waals surface area (Å²) in [5.74, 6) is 0. The quantitative estimate of drug-likeness (QED) is 0.405. The topological polar surface area (TPSA) is 74.3 Å². The number of carbonyl (C=O) groups is 2. The van der Waals surface area contributed by atoms with Crippen molar-refractivity contribution in [3.05, 3.63) is 0 Å². The minimum Gasteiger partial charge on any atom is -0.434 e. The minimum absolute atomic E-state index is 0.146. The van der Waals surface area contributed by atoms with Crippen LogP contribution in [-0.4, -0.2) is 53.1 Å². The molecule has 0 aliphatic heterocycles. The Morgan fingerprint density at radius 1 is 1.06 bits per heavy atom. The molecule has 0 bridgehead atoms. The Balaban J connectivity index is 4.28. The molecular weight excluding hydrogens is 246 g/mol. The van der Waals surface area contributed by atoms with E-state index in [9.17, 15) is 9.59 Å². The fraction of sp³-hybridized carbons (Fsp3) is 0.778. The second kappa shape index (κ2) is 8.96. The van der Waals surface area contributed by atoms with E-state index in [4.69, 9.17) is 8.85 Å². The number of hydrogen-bond acceptors (Lipinski definition) is 6. The standard InChI is InChI=1S/C9H19NO6Si/c1-5-13-9(12)16-8(11)10(4)17(14-6-2)15-7-3/h17H,5-7H2,1-4H3. The van der Waals surface area contributed by atoms with Crippen molar-refractivity contribution >= 4 is 21.7 Å². The third-order valence-electron chi connectivity index (χ3n) is 1.66. The minimum atomic E-state index is -2.31. The Bertz CT molecular complexity index is 244. The first-order valence-electron chi connectivity index (χ1n) is 5.41. The zero-order valence-electron chi connectivity index (χ0n) is 10.6. The second-order valence-electron chi connectivity index (χ2n) is 2.88. The van der Waals surface area contributed by atoms with Gasteiger partial charge in [0.25, 0.3) is 0 Å². The third kappa shape index (κ3) is 6.24. The smallest absolute Gasteiger partial charge is 0.434 e. The molecule has 0 radical (unpaired) electrons. The van der Waals surface area contributed by atoms with E-state index in [2.05, 4.69) is 9.47 Å². The maximum absolute atomic E-state index is 11.5. The van der Waals surface area contributed by atoms with E-state index in [0.29, 0.717) is 13.2 Å². The lowest BCUT2D eigenvalue weighted by molar-refractivity contribution is 0.0673. The van der Waals surface area contributed by atoms with E-state index in [1.54, 1.807) is 20.8 Å². The second-order valence-corrected chi connectivity index (χ2v) is 4.93. The Morgan fingerprint density at radius 2 is 1.59 bits per heavy atom. The van der Waals surface area contributed by atoms with Crippen molar-refractivity contribution in [1.82, 2.24) is 4.57 Å². The lowest BCUT2D eigenvalue weighted by atomic mass is 10.9. The summed E-state index contributed by atoms with van der Waals surface area (Å²) in [6.07, 6.45) is -1.85. The molecule has 0 aliphatic rings. The van der Waals surface area contributed by atoms with Crippen LogP contribution in [0.5, 0.6) is 0 Å². The van der Waals surface area contributed by atoms with Gasteiger partial charge in [-0.3, -0.25) is 4.57 Å². The summed E-state index contributed by atoms with van der Waals surface area (Å²) in [5, 5.41) is 0. The van der Waals surface area contributed by atoms with Crippen molar-refractivity contribution in [3.63, 3.8) is 0 Å². The fourth-order valence-electron chi connectivity index (χ4n) is 0.934. The lowest BCUT2D eigenvalue weighted by Crippen LogP contribution is -2.46. The van der Waals surface area contributed by atoms with Gasteiger partial charge in [-0.15, -0.1) is 0 Å². The molecular formula is C9H19NO6Si. The van der Waals surface area contributed by atoms with E-state index in [1.807, 2.05) is 0 Å². The number of hydrogen-bond donors (Lipinski definition) is 0. The van der Waals surface area contributed by atoms with Crippen LogP contribution in [-0.2, 0) is 18.3 Å². The van der Waals surface area contributed by atoms with Gasteiger partial charge in [0.05, 0.1) is 6.61 Å². The van der Waals surface area contributed by atoms with Crippen molar-refractivity contribution in [2.75, 3.05) is 26.9 Å². The van der Waals surface area contributed by atoms with Gasteiger partial charge in [-0.2, -0.15) is 0 Å². The number of ether oxygens (including phenoxy) is 2. The van der Waals surface area contributed by atoms with Crippen molar-refractivity contribution < 1.29 is 27.9 Å². The summed E-state index contributed by atoms with van der Waals surface area (Å²) in [6, 6.07) is 0. The maximum Gasteiger partial charge on any atom is 0.517 e. The molecule has 100 valence electrons. The zero-order valence-corrected chi connectivity index (χ0v) is 11.8. The molecule has 0 aromatic rings. The van der Waals surface area contributed by atoms with Crippen LogP contribution in [0.4, 0.5) is 9.59 Å². The van der Waals surface area contributed by atoms with Crippen molar-refractivity contribution in [3.8, 4) is 0 Å². The Hall–Kier alpha value is -1.12. The molecule has 0 heterocycles. The molecule has 0 unspecified atom stereocenters. The summed E-state index contributed by atoms with van der Waals surface area (Å²) in [4.78, 5) is 22.4. The van der Waals surface area contributed by atoms with Crippen LogP contribution >= 0.6 is 0 Å². The Kier molecular flexibility index (Phi) is 8.37. The normalized spacial score (nSPS) is 10.2. The van der Waals surface area contributed by atoms with Gasteiger partial charge in [0.1, 0.15) is 0 Å². The highest BCUT2D eigenvalue weighted by molar-refractivity contribution is 6.44. The maximum atomic E-state index is 11.5. The molecule has 0 spiro atoms. The largest absolute Gasteiger partial charge is 0.517 e. The van der Waals surface area contributed by atoms with Gasteiger partial charge in [-0.05, 0) is 20.8 Å². The highest BCUT2D eigenvalue weighted by atomic mass is 28.3. The molecule has 0 saturated heterocycles. The van der Waals surface area contributed by atoms with Gasteiger partial charge in [0.15, 0.2) is 0 Å². The summed E-state index contributed by atoms with van der Waals surface area (Å²) >= 11 is 0. The molecule has 0 atom stereocenters. The van der Waals surface area contributed by atoms with Crippen molar-refractivity contribution in [2.24, 2.45) is 0 Å². The first kappa shape index (κ1) is 15.9. The van der Waals surface area contributed by atoms with Crippen LogP contribution in [0.3, 0.4) is 0 Å². The van der Waals surface area contributed by atoms with E-state index in [0.717, 1.165) is 0 Å². The van der Waals surface area contributed by atoms with Crippen LogP contribution in [0, 0.1) is 0 Å². The van der Waals surface area contributed by atoms with Crippen LogP contribution in [0.2, 0.25) is 0 Å². The molecule has 0 fully saturated rings. The highest BCUT2D eigenvalue weighted by Crippen LogP contribution is 2.01. The molecule has 7 nitrogen and oxygen atoms in total. The lowest BCUT2D eigenvalue weighted by Gasteiger charge is -2.23. The number of nitrogens with zero attached hydrogens (tertiary/aromatic N) is 1. The Labute approximate surface area is 103 Å². The predicted molar refractivity (Wildman–Crippen MR) is 61.7 cm³/mol. The molecule has 8 heteroatoms. The zero-order chi connectivity index (χ0) is 13.3. The van der Waals surface area contributed by atoms with Gasteiger partial charge < -0.3 is 18.3 Å². The number of amides is 1. The van der Waals surface area contributed by atoms with Gasteiger partial charge >= 0.3 is 21.7 Å². The molecule has 17 heavy (non-hydrogen) atoms. The average molecular weight is 265 g/mol. The summed E-state index contributed by atoms with van der Waals surface area (Å²) in [7, 11) is -0.852. The Morgan fingerprint density at radius 3 is 2.00 bits per heavy atom. The molecule has 0 saturated carbocycles. The van der Waals surface area contributed by atoms with E-state index in [-0.39, 0.29) is 6.61 Å². The van der Waals surface area contributed by atoms with Gasteiger partial charge in [0, 0.05) is 20.3 Å². The predicted octanol–water partition coefficient (Wildman–Crippen LogP) is 1.00. The first-order valence-corrected chi connectivity index (χ1v) is 6.87. The number of carbonyl (C=O) groups excluding carboxylic acids is 2. The summed E-state index contributed by atoms with van der Waals surface area (Å²) < 4.78 is 20.7. The van der Waals surface area contributed by atoms with Crippen LogP contribution < -0.4 is 0 Å². The SMILES string of the molecule is CCOC(=O)OC(=O)N(C)[SiH](OCC)OCC. The molecule has 0 aromatic heterocycles. The van der Waals surface area contributed by atoms with E-state index >= 15 is 0 Å². The van der Waals surface area contributed by atoms with E-state index in [1.165, 1.54) is 11.6 Å². The molecule has 0 aromatic carbocycles. The fourth-order valence-corrected chi connectivity index (χ4v) is 2.27.